The molecule has 0 saturated heterocycles. The smallest absolute Gasteiger partial charge is 0.251 e. The largest absolute Gasteiger partial charge is 0.457 e. The van der Waals surface area contributed by atoms with Gasteiger partial charge in [-0.25, -0.2) is 18.1 Å². The molecule has 0 fully saturated rings. The number of carbonyl (C=O) groups is 1. The Labute approximate surface area is 190 Å². The Kier molecular flexibility index (Phi) is 6.40. The van der Waals surface area contributed by atoms with Crippen molar-refractivity contribution in [3.05, 3.63) is 72.0 Å². The molecule has 2 aromatic heterocycles. The predicted octanol–water partition coefficient (Wildman–Crippen LogP) is 4.56. The Hall–Kier alpha value is -3.01. The second-order valence-electron chi connectivity index (χ2n) is 7.39. The molecule has 2 aromatic carbocycles. The van der Waals surface area contributed by atoms with Crippen LogP contribution in [-0.2, 0) is 16.6 Å². The van der Waals surface area contributed by atoms with Gasteiger partial charge in [0.1, 0.15) is 5.76 Å². The number of aromatic nitrogens is 1. The van der Waals surface area contributed by atoms with E-state index in [4.69, 9.17) is 4.42 Å². The first-order valence-electron chi connectivity index (χ1n) is 10.2. The molecule has 166 valence electrons. The molecule has 0 aliphatic carbocycles. The molecule has 32 heavy (non-hydrogen) atoms. The molecular formula is C23H23N3O4S2. The van der Waals surface area contributed by atoms with E-state index in [-0.39, 0.29) is 23.4 Å². The van der Waals surface area contributed by atoms with Crippen molar-refractivity contribution in [1.82, 2.24) is 15.0 Å². The lowest BCUT2D eigenvalue weighted by molar-refractivity contribution is 0.0948. The Morgan fingerprint density at radius 2 is 1.84 bits per heavy atom. The number of furan rings is 1. The molecule has 0 radical (unpaired) electrons. The zero-order valence-corrected chi connectivity index (χ0v) is 19.3. The van der Waals surface area contributed by atoms with Gasteiger partial charge in [-0.1, -0.05) is 19.1 Å². The summed E-state index contributed by atoms with van der Waals surface area (Å²) in [5, 5.41) is 3.58. The maximum atomic E-state index is 12.5. The van der Waals surface area contributed by atoms with E-state index >= 15 is 0 Å². The van der Waals surface area contributed by atoms with Crippen LogP contribution in [-0.4, -0.2) is 25.4 Å². The lowest BCUT2D eigenvalue weighted by atomic mass is 10.2. The fourth-order valence-electron chi connectivity index (χ4n) is 3.04. The van der Waals surface area contributed by atoms with E-state index in [2.05, 4.69) is 15.0 Å². The molecular weight excluding hydrogens is 446 g/mol. The van der Waals surface area contributed by atoms with E-state index in [0.717, 1.165) is 15.2 Å². The Balaban J connectivity index is 1.39. The van der Waals surface area contributed by atoms with Gasteiger partial charge in [-0.2, -0.15) is 0 Å². The second-order valence-corrected chi connectivity index (χ2v) is 10.1. The van der Waals surface area contributed by atoms with Gasteiger partial charge in [0.2, 0.25) is 10.0 Å². The van der Waals surface area contributed by atoms with Crippen molar-refractivity contribution in [2.45, 2.75) is 37.8 Å². The van der Waals surface area contributed by atoms with Crippen LogP contribution in [0.5, 0.6) is 0 Å². The fourth-order valence-corrected chi connectivity index (χ4v) is 5.29. The molecule has 0 bridgehead atoms. The van der Waals surface area contributed by atoms with Crippen LogP contribution in [0.3, 0.4) is 0 Å². The SMILES string of the molecule is CCC(C)NS(=O)(=O)c1ccc(C(=O)NCc2ccc(-c3nc4ccccc4s3)o2)cc1. The molecule has 0 aliphatic rings. The van der Waals surface area contributed by atoms with Gasteiger partial charge in [0.15, 0.2) is 10.8 Å². The summed E-state index contributed by atoms with van der Waals surface area (Å²) in [6.45, 7) is 3.91. The van der Waals surface area contributed by atoms with Crippen molar-refractivity contribution in [3.8, 4) is 10.8 Å². The first kappa shape index (κ1) is 22.2. The molecule has 0 spiro atoms. The molecule has 1 amide bonds. The number of benzene rings is 2. The minimum absolute atomic E-state index is 0.126. The highest BCUT2D eigenvalue weighted by molar-refractivity contribution is 7.89. The third kappa shape index (κ3) is 4.90. The monoisotopic (exact) mass is 469 g/mol. The maximum absolute atomic E-state index is 12.5. The van der Waals surface area contributed by atoms with Gasteiger partial charge in [-0.15, -0.1) is 11.3 Å². The average Bonchev–Trinajstić information content (AvgIpc) is 3.44. The Morgan fingerprint density at radius 1 is 1.09 bits per heavy atom. The highest BCUT2D eigenvalue weighted by atomic mass is 32.2. The molecule has 4 aromatic rings. The summed E-state index contributed by atoms with van der Waals surface area (Å²) in [6.07, 6.45) is 0.688. The second kappa shape index (κ2) is 9.23. The molecule has 0 aliphatic heterocycles. The van der Waals surface area contributed by atoms with Crippen molar-refractivity contribution >= 4 is 37.5 Å². The van der Waals surface area contributed by atoms with Gasteiger partial charge in [-0.3, -0.25) is 4.79 Å². The van der Waals surface area contributed by atoms with E-state index in [1.54, 1.807) is 24.3 Å². The number of sulfonamides is 1. The van der Waals surface area contributed by atoms with E-state index < -0.39 is 10.0 Å². The van der Waals surface area contributed by atoms with Crippen molar-refractivity contribution in [2.24, 2.45) is 0 Å². The van der Waals surface area contributed by atoms with Gasteiger partial charge in [0.05, 0.1) is 21.7 Å². The van der Waals surface area contributed by atoms with Gasteiger partial charge >= 0.3 is 0 Å². The molecule has 1 unspecified atom stereocenters. The zero-order valence-electron chi connectivity index (χ0n) is 17.7. The molecule has 4 rings (SSSR count). The van der Waals surface area contributed by atoms with Crippen molar-refractivity contribution in [1.29, 1.82) is 0 Å². The molecule has 2 N–H and O–H groups in total. The Bertz CT molecular complexity index is 1310. The predicted molar refractivity (Wildman–Crippen MR) is 125 cm³/mol. The number of nitrogens with zero attached hydrogens (tertiary/aromatic N) is 1. The molecule has 0 saturated carbocycles. The van der Waals surface area contributed by atoms with Crippen LogP contribution in [0.4, 0.5) is 0 Å². The summed E-state index contributed by atoms with van der Waals surface area (Å²) in [5.74, 6) is 0.935. The number of amides is 1. The van der Waals surface area contributed by atoms with Crippen molar-refractivity contribution in [2.75, 3.05) is 0 Å². The minimum Gasteiger partial charge on any atom is -0.457 e. The maximum Gasteiger partial charge on any atom is 0.251 e. The average molecular weight is 470 g/mol. The minimum atomic E-state index is -3.60. The fraction of sp³-hybridized carbons (Fsp3) is 0.217. The zero-order chi connectivity index (χ0) is 22.7. The van der Waals surface area contributed by atoms with Gasteiger partial charge < -0.3 is 9.73 Å². The summed E-state index contributed by atoms with van der Waals surface area (Å²) in [4.78, 5) is 17.2. The number of rotatable bonds is 8. The first-order chi connectivity index (χ1) is 15.4. The highest BCUT2D eigenvalue weighted by Crippen LogP contribution is 2.31. The molecule has 2 heterocycles. The number of carbonyl (C=O) groups excluding carboxylic acids is 1. The third-order valence-corrected chi connectivity index (χ3v) is 7.64. The van der Waals surface area contributed by atoms with Crippen LogP contribution in [0.1, 0.15) is 36.4 Å². The van der Waals surface area contributed by atoms with Gasteiger partial charge in [0.25, 0.3) is 5.91 Å². The summed E-state index contributed by atoms with van der Waals surface area (Å²) < 4.78 is 34.2. The molecule has 7 nitrogen and oxygen atoms in total. The standard InChI is InChI=1S/C23H23N3O4S2/c1-3-15(2)26-32(28,29)18-11-8-16(9-12-18)22(27)24-14-17-10-13-20(30-17)23-25-19-6-4-5-7-21(19)31-23/h4-13,15,26H,3,14H2,1-2H3,(H,24,27). The van der Waals surface area contributed by atoms with Crippen LogP contribution in [0.15, 0.2) is 70.0 Å². The highest BCUT2D eigenvalue weighted by Gasteiger charge is 2.17. The number of nitrogens with one attached hydrogen (secondary N) is 2. The van der Waals surface area contributed by atoms with E-state index in [9.17, 15) is 13.2 Å². The number of fused-ring (bicyclic) bond motifs is 1. The topological polar surface area (TPSA) is 101 Å². The van der Waals surface area contributed by atoms with Crippen LogP contribution in [0, 0.1) is 0 Å². The summed E-state index contributed by atoms with van der Waals surface area (Å²) in [5.41, 5.74) is 1.29. The van der Waals surface area contributed by atoms with Gasteiger partial charge in [-0.05, 0) is 61.9 Å². The van der Waals surface area contributed by atoms with Gasteiger partial charge in [0, 0.05) is 11.6 Å². The quantitative estimate of drug-likeness (QED) is 0.394. The normalized spacial score (nSPS) is 12.7. The number of para-hydroxylation sites is 1. The number of hydrogen-bond donors (Lipinski definition) is 2. The van der Waals surface area contributed by atoms with Crippen LogP contribution in [0.25, 0.3) is 21.0 Å². The van der Waals surface area contributed by atoms with E-state index in [1.165, 1.54) is 24.3 Å². The summed E-state index contributed by atoms with van der Waals surface area (Å²) in [6, 6.07) is 17.2. The van der Waals surface area contributed by atoms with Crippen LogP contribution >= 0.6 is 11.3 Å². The van der Waals surface area contributed by atoms with Crippen molar-refractivity contribution < 1.29 is 17.6 Å². The number of thiazole rings is 1. The summed E-state index contributed by atoms with van der Waals surface area (Å²) >= 11 is 1.55. The van der Waals surface area contributed by atoms with E-state index in [0.29, 0.717) is 23.5 Å². The lowest BCUT2D eigenvalue weighted by Crippen LogP contribution is -2.32. The van der Waals surface area contributed by atoms with E-state index in [1.807, 2.05) is 37.3 Å². The lowest BCUT2D eigenvalue weighted by Gasteiger charge is -2.12. The number of hydrogen-bond acceptors (Lipinski definition) is 6. The van der Waals surface area contributed by atoms with Crippen molar-refractivity contribution in [3.63, 3.8) is 0 Å². The van der Waals surface area contributed by atoms with Crippen LogP contribution in [0.2, 0.25) is 0 Å². The molecule has 1 atom stereocenters. The molecule has 9 heteroatoms. The third-order valence-electron chi connectivity index (χ3n) is 4.99. The first-order valence-corrected chi connectivity index (χ1v) is 12.5. The van der Waals surface area contributed by atoms with Crippen LogP contribution < -0.4 is 10.0 Å². The Morgan fingerprint density at radius 3 is 2.56 bits per heavy atom. The summed E-state index contributed by atoms with van der Waals surface area (Å²) in [7, 11) is -3.60.